The zero-order valence-electron chi connectivity index (χ0n) is 20.7. The summed E-state index contributed by atoms with van der Waals surface area (Å²) in [5.41, 5.74) is 1.45. The van der Waals surface area contributed by atoms with E-state index < -0.39 is 10.0 Å². The van der Waals surface area contributed by atoms with Gasteiger partial charge in [-0.05, 0) is 49.0 Å². The van der Waals surface area contributed by atoms with E-state index in [0.29, 0.717) is 17.3 Å². The summed E-state index contributed by atoms with van der Waals surface area (Å²) < 4.78 is 35.7. The Morgan fingerprint density at radius 3 is 2.44 bits per heavy atom. The third-order valence-corrected chi connectivity index (χ3v) is 8.95. The van der Waals surface area contributed by atoms with Crippen molar-refractivity contribution < 1.29 is 13.2 Å². The number of nitrogens with one attached hydrogen (secondary N) is 2. The van der Waals surface area contributed by atoms with E-state index in [-0.39, 0.29) is 22.6 Å². The highest BCUT2D eigenvalue weighted by Crippen LogP contribution is 2.32. The molecule has 0 unspecified atom stereocenters. The molecule has 4 aromatic rings. The van der Waals surface area contributed by atoms with Crippen molar-refractivity contribution in [3.63, 3.8) is 0 Å². The number of likely N-dealkylation sites (N-methyl/N-ethyl adjacent to an activating group) is 1. The Balaban J connectivity index is 1.73. The molecule has 1 aromatic heterocycles. The Morgan fingerprint density at radius 1 is 0.972 bits per heavy atom. The van der Waals surface area contributed by atoms with Crippen molar-refractivity contribution in [2.45, 2.75) is 25.3 Å². The predicted octanol–water partition coefficient (Wildman–Crippen LogP) is 4.66. The number of para-hydroxylation sites is 1. The van der Waals surface area contributed by atoms with Crippen molar-refractivity contribution in [3.8, 4) is 5.75 Å². The maximum Gasteiger partial charge on any atom is 0.244 e. The van der Waals surface area contributed by atoms with Gasteiger partial charge in [0.2, 0.25) is 10.0 Å². The molecule has 0 bridgehead atoms. The van der Waals surface area contributed by atoms with E-state index in [9.17, 15) is 13.2 Å². The smallest absolute Gasteiger partial charge is 0.244 e. The molecule has 36 heavy (non-hydrogen) atoms. The molecule has 0 saturated heterocycles. The molecule has 0 aliphatic heterocycles. The third-order valence-electron chi connectivity index (χ3n) is 6.26. The fraction of sp³-hybridized carbons (Fsp3) is 0.296. The van der Waals surface area contributed by atoms with Gasteiger partial charge < -0.3 is 15.0 Å². The molecule has 0 amide bonds. The average Bonchev–Trinajstić information content (AvgIpc) is 2.90. The summed E-state index contributed by atoms with van der Waals surface area (Å²) >= 11 is 1.50. The minimum absolute atomic E-state index is 0.0465. The van der Waals surface area contributed by atoms with Crippen LogP contribution in [0.5, 0.6) is 5.75 Å². The lowest BCUT2D eigenvalue weighted by molar-refractivity contribution is 0.316. The monoisotopic (exact) mass is 525 g/mol. The maximum absolute atomic E-state index is 13.6. The van der Waals surface area contributed by atoms with Gasteiger partial charge in [0, 0.05) is 40.1 Å². The molecule has 0 aliphatic carbocycles. The van der Waals surface area contributed by atoms with Gasteiger partial charge in [-0.3, -0.25) is 4.79 Å². The van der Waals surface area contributed by atoms with Gasteiger partial charge in [0.15, 0.2) is 5.43 Å². The molecule has 2 N–H and O–H groups in total. The van der Waals surface area contributed by atoms with Gasteiger partial charge in [-0.25, -0.2) is 13.1 Å². The van der Waals surface area contributed by atoms with Crippen LogP contribution in [0.25, 0.3) is 20.2 Å². The number of hydrogen-bond acceptors (Lipinski definition) is 7. The molecule has 3 aromatic carbocycles. The number of anilines is 1. The van der Waals surface area contributed by atoms with Crippen molar-refractivity contribution in [1.29, 1.82) is 0 Å². The normalized spacial score (nSPS) is 11.9. The molecule has 0 radical (unpaired) electrons. The van der Waals surface area contributed by atoms with Crippen molar-refractivity contribution >= 4 is 47.2 Å². The molecule has 0 spiro atoms. The highest BCUT2D eigenvalue weighted by Gasteiger charge is 2.20. The standard InChI is InChI=1S/C27H31N3O4S2/c1-4-30(5-2)17-16-28-21-15-14-19(18-29-36(32,33)24-13-9-7-11-22(24)34-3)27-25(21)26(31)20-10-6-8-12-23(20)35-27/h6-15,28-29H,4-5,16-18H2,1-3H3. The molecule has 0 aliphatic rings. The average molecular weight is 526 g/mol. The molecule has 7 nitrogen and oxygen atoms in total. The van der Waals surface area contributed by atoms with Crippen LogP contribution in [0, 0.1) is 0 Å². The van der Waals surface area contributed by atoms with E-state index in [1.54, 1.807) is 18.2 Å². The van der Waals surface area contributed by atoms with E-state index in [0.717, 1.165) is 40.3 Å². The first-order valence-corrected chi connectivity index (χ1v) is 14.3. The van der Waals surface area contributed by atoms with Gasteiger partial charge in [0.1, 0.15) is 10.6 Å². The number of methoxy groups -OCH3 is 1. The number of benzene rings is 3. The minimum atomic E-state index is -3.83. The second kappa shape index (κ2) is 11.4. The topological polar surface area (TPSA) is 87.7 Å². The van der Waals surface area contributed by atoms with E-state index >= 15 is 0 Å². The quantitative estimate of drug-likeness (QED) is 0.277. The molecule has 0 fully saturated rings. The van der Waals surface area contributed by atoms with Crippen LogP contribution in [0.4, 0.5) is 5.69 Å². The molecule has 9 heteroatoms. The van der Waals surface area contributed by atoms with Crippen molar-refractivity contribution in [2.24, 2.45) is 0 Å². The lowest BCUT2D eigenvalue weighted by Crippen LogP contribution is -2.28. The van der Waals surface area contributed by atoms with Gasteiger partial charge >= 0.3 is 0 Å². The lowest BCUT2D eigenvalue weighted by atomic mass is 10.1. The van der Waals surface area contributed by atoms with E-state index in [4.69, 9.17) is 4.74 Å². The van der Waals surface area contributed by atoms with E-state index in [1.807, 2.05) is 36.4 Å². The van der Waals surface area contributed by atoms with Crippen LogP contribution < -0.4 is 20.2 Å². The summed E-state index contributed by atoms with van der Waals surface area (Å²) in [7, 11) is -2.39. The number of nitrogens with zero attached hydrogens (tertiary/aromatic N) is 1. The minimum Gasteiger partial charge on any atom is -0.495 e. The molecule has 0 atom stereocenters. The second-order valence-electron chi connectivity index (χ2n) is 8.33. The van der Waals surface area contributed by atoms with Crippen LogP contribution in [0.1, 0.15) is 19.4 Å². The van der Waals surface area contributed by atoms with Crippen LogP contribution in [-0.4, -0.2) is 46.6 Å². The number of ether oxygens (including phenoxy) is 1. The second-order valence-corrected chi connectivity index (χ2v) is 11.1. The Morgan fingerprint density at radius 2 is 1.69 bits per heavy atom. The van der Waals surface area contributed by atoms with Crippen molar-refractivity contribution in [2.75, 3.05) is 38.6 Å². The molecular formula is C27H31N3O4S2. The third kappa shape index (κ3) is 5.39. The first kappa shape index (κ1) is 26.1. The summed E-state index contributed by atoms with van der Waals surface area (Å²) in [5, 5.41) is 4.69. The van der Waals surface area contributed by atoms with Gasteiger partial charge in [-0.1, -0.05) is 44.2 Å². The highest BCUT2D eigenvalue weighted by atomic mass is 32.2. The molecule has 190 valence electrons. The Hall–Kier alpha value is -2.98. The molecule has 4 rings (SSSR count). The predicted molar refractivity (Wildman–Crippen MR) is 149 cm³/mol. The number of hydrogen-bond donors (Lipinski definition) is 2. The van der Waals surface area contributed by atoms with E-state index in [2.05, 4.69) is 28.8 Å². The Bertz CT molecular complexity index is 1530. The fourth-order valence-electron chi connectivity index (χ4n) is 4.22. The van der Waals surface area contributed by atoms with Gasteiger partial charge in [-0.15, -0.1) is 11.3 Å². The maximum atomic E-state index is 13.6. The summed E-state index contributed by atoms with van der Waals surface area (Å²) in [6.45, 7) is 7.79. The van der Waals surface area contributed by atoms with Crippen LogP contribution in [0.15, 0.2) is 70.4 Å². The number of sulfonamides is 1. The largest absolute Gasteiger partial charge is 0.495 e. The molecule has 1 heterocycles. The summed E-state index contributed by atoms with van der Waals surface area (Å²) in [4.78, 5) is 16.0. The summed E-state index contributed by atoms with van der Waals surface area (Å²) in [6.07, 6.45) is 0. The van der Waals surface area contributed by atoms with Crippen LogP contribution in [-0.2, 0) is 16.6 Å². The Kier molecular flexibility index (Phi) is 8.25. The summed E-state index contributed by atoms with van der Waals surface area (Å²) in [6, 6.07) is 17.8. The Labute approximate surface area is 215 Å². The van der Waals surface area contributed by atoms with E-state index in [1.165, 1.54) is 24.5 Å². The van der Waals surface area contributed by atoms with Crippen LogP contribution >= 0.6 is 11.3 Å². The number of rotatable bonds is 11. The van der Waals surface area contributed by atoms with Gasteiger partial charge in [0.05, 0.1) is 12.5 Å². The van der Waals surface area contributed by atoms with Crippen molar-refractivity contribution in [3.05, 3.63) is 76.5 Å². The molecule has 0 saturated carbocycles. The SMILES string of the molecule is CCN(CC)CCNc1ccc(CNS(=O)(=O)c2ccccc2OC)c2sc3ccccc3c(=O)c12. The zero-order chi connectivity index (χ0) is 25.7. The first-order valence-electron chi connectivity index (χ1n) is 12.0. The molecular weight excluding hydrogens is 494 g/mol. The number of fused-ring (bicyclic) bond motifs is 2. The van der Waals surface area contributed by atoms with Crippen molar-refractivity contribution in [1.82, 2.24) is 9.62 Å². The lowest BCUT2D eigenvalue weighted by Gasteiger charge is -2.19. The first-order chi connectivity index (χ1) is 17.4. The van der Waals surface area contributed by atoms with Crippen LogP contribution in [0.3, 0.4) is 0 Å². The zero-order valence-corrected chi connectivity index (χ0v) is 22.3. The van der Waals surface area contributed by atoms with Gasteiger partial charge in [-0.2, -0.15) is 0 Å². The van der Waals surface area contributed by atoms with Crippen LogP contribution in [0.2, 0.25) is 0 Å². The van der Waals surface area contributed by atoms with Gasteiger partial charge in [0.25, 0.3) is 0 Å². The fourth-order valence-corrected chi connectivity index (χ4v) is 6.61. The highest BCUT2D eigenvalue weighted by molar-refractivity contribution is 7.89. The summed E-state index contributed by atoms with van der Waals surface area (Å²) in [5.74, 6) is 0.276.